The minimum atomic E-state index is -0.754. The maximum Gasteiger partial charge on any atom is 0.165 e. The Labute approximate surface area is 120 Å². The highest BCUT2D eigenvalue weighted by atomic mass is 35.5. The highest BCUT2D eigenvalue weighted by Gasteiger charge is 2.10. The Morgan fingerprint density at radius 3 is 2.60 bits per heavy atom. The summed E-state index contributed by atoms with van der Waals surface area (Å²) >= 11 is 5.78. The van der Waals surface area contributed by atoms with E-state index in [9.17, 15) is 13.9 Å². The molecular formula is C15H13ClF2O2. The highest BCUT2D eigenvalue weighted by Crippen LogP contribution is 2.25. The molecule has 5 heteroatoms. The lowest BCUT2D eigenvalue weighted by Crippen LogP contribution is -2.00. The lowest BCUT2D eigenvalue weighted by atomic mass is 10.1. The summed E-state index contributed by atoms with van der Waals surface area (Å²) in [5.74, 6) is -1.11. The van der Waals surface area contributed by atoms with Crippen molar-refractivity contribution < 1.29 is 18.6 Å². The van der Waals surface area contributed by atoms with Crippen LogP contribution in [0.5, 0.6) is 5.75 Å². The van der Waals surface area contributed by atoms with E-state index in [1.807, 2.05) is 0 Å². The topological polar surface area (TPSA) is 29.5 Å². The van der Waals surface area contributed by atoms with Crippen LogP contribution in [-0.4, -0.2) is 5.11 Å². The van der Waals surface area contributed by atoms with Gasteiger partial charge in [-0.05, 0) is 30.7 Å². The minimum absolute atomic E-state index is 0.0229. The zero-order chi connectivity index (χ0) is 14.7. The summed E-state index contributed by atoms with van der Waals surface area (Å²) in [7, 11) is 0. The Hall–Kier alpha value is -1.65. The molecule has 2 rings (SSSR count). The molecule has 1 atom stereocenters. The molecule has 2 aromatic carbocycles. The van der Waals surface area contributed by atoms with E-state index in [0.29, 0.717) is 11.1 Å². The van der Waals surface area contributed by atoms with E-state index in [0.717, 1.165) is 0 Å². The third-order valence-corrected chi connectivity index (χ3v) is 3.28. The van der Waals surface area contributed by atoms with Crippen molar-refractivity contribution in [1.82, 2.24) is 0 Å². The van der Waals surface area contributed by atoms with Gasteiger partial charge in [-0.25, -0.2) is 8.78 Å². The van der Waals surface area contributed by atoms with Crippen molar-refractivity contribution in [3.05, 3.63) is 64.2 Å². The summed E-state index contributed by atoms with van der Waals surface area (Å²) < 4.78 is 32.3. The maximum absolute atomic E-state index is 13.7. The summed E-state index contributed by atoms with van der Waals surface area (Å²) in [6, 6.07) is 8.54. The predicted octanol–water partition coefficient (Wildman–Crippen LogP) is 4.25. The molecule has 0 aromatic heterocycles. The van der Waals surface area contributed by atoms with Gasteiger partial charge in [-0.2, -0.15) is 0 Å². The van der Waals surface area contributed by atoms with Crippen molar-refractivity contribution in [1.29, 1.82) is 0 Å². The van der Waals surface area contributed by atoms with Gasteiger partial charge in [0.2, 0.25) is 0 Å². The fourth-order valence-electron chi connectivity index (χ4n) is 1.71. The van der Waals surface area contributed by atoms with Crippen molar-refractivity contribution in [2.24, 2.45) is 0 Å². The first kappa shape index (κ1) is 14.8. The fourth-order valence-corrected chi connectivity index (χ4v) is 1.89. The van der Waals surface area contributed by atoms with E-state index in [1.54, 1.807) is 19.1 Å². The lowest BCUT2D eigenvalue weighted by Gasteiger charge is -2.11. The summed E-state index contributed by atoms with van der Waals surface area (Å²) in [6.07, 6.45) is -0.754. The average molecular weight is 299 g/mol. The molecule has 106 valence electrons. The van der Waals surface area contributed by atoms with Crippen molar-refractivity contribution in [3.8, 4) is 5.75 Å². The molecule has 0 spiro atoms. The van der Waals surface area contributed by atoms with Gasteiger partial charge < -0.3 is 9.84 Å². The number of hydrogen-bond donors (Lipinski definition) is 1. The fraction of sp³-hybridized carbons (Fsp3) is 0.200. The molecule has 0 saturated carbocycles. The van der Waals surface area contributed by atoms with Gasteiger partial charge >= 0.3 is 0 Å². The van der Waals surface area contributed by atoms with Gasteiger partial charge in [-0.3, -0.25) is 0 Å². The normalized spacial score (nSPS) is 12.2. The van der Waals surface area contributed by atoms with Crippen LogP contribution in [0.4, 0.5) is 8.78 Å². The molecule has 2 aromatic rings. The van der Waals surface area contributed by atoms with Crippen LogP contribution in [0.3, 0.4) is 0 Å². The zero-order valence-corrected chi connectivity index (χ0v) is 11.5. The second-order valence-corrected chi connectivity index (χ2v) is 4.75. The van der Waals surface area contributed by atoms with Crippen molar-refractivity contribution in [3.63, 3.8) is 0 Å². The Balaban J connectivity index is 2.13. The Morgan fingerprint density at radius 2 is 1.95 bits per heavy atom. The quantitative estimate of drug-likeness (QED) is 0.914. The predicted molar refractivity (Wildman–Crippen MR) is 72.8 cm³/mol. The minimum Gasteiger partial charge on any atom is -0.486 e. The third kappa shape index (κ3) is 3.26. The van der Waals surface area contributed by atoms with Crippen LogP contribution in [0.1, 0.15) is 24.2 Å². The molecule has 0 aliphatic rings. The Bertz CT molecular complexity index is 615. The molecule has 0 heterocycles. The smallest absolute Gasteiger partial charge is 0.165 e. The number of ether oxygens (including phenoxy) is 1. The first-order valence-corrected chi connectivity index (χ1v) is 6.40. The number of halogens is 3. The summed E-state index contributed by atoms with van der Waals surface area (Å²) in [6.45, 7) is 1.50. The zero-order valence-electron chi connectivity index (χ0n) is 10.7. The summed E-state index contributed by atoms with van der Waals surface area (Å²) in [5, 5.41) is 9.31. The number of aliphatic hydroxyl groups excluding tert-OH is 1. The average Bonchev–Trinajstić information content (AvgIpc) is 2.41. The summed E-state index contributed by atoms with van der Waals surface area (Å²) in [5.41, 5.74) is 0.893. The standard InChI is InChI=1S/C15H13ClF2O2/c1-9(19)10-5-6-14(13(18)7-10)20-8-11-3-2-4-12(17)15(11)16/h2-7,9,19H,8H2,1H3/t9-/m1/s1. The third-order valence-electron chi connectivity index (χ3n) is 2.85. The van der Waals surface area contributed by atoms with Gasteiger partial charge in [-0.15, -0.1) is 0 Å². The lowest BCUT2D eigenvalue weighted by molar-refractivity contribution is 0.198. The van der Waals surface area contributed by atoms with Crippen LogP contribution in [0.15, 0.2) is 36.4 Å². The molecule has 0 unspecified atom stereocenters. The van der Waals surface area contributed by atoms with Crippen molar-refractivity contribution in [2.75, 3.05) is 0 Å². The van der Waals surface area contributed by atoms with E-state index in [2.05, 4.69) is 0 Å². The molecule has 0 fully saturated rings. The van der Waals surface area contributed by atoms with E-state index in [4.69, 9.17) is 16.3 Å². The number of rotatable bonds is 4. The van der Waals surface area contributed by atoms with Crippen LogP contribution in [0.2, 0.25) is 5.02 Å². The Kier molecular flexibility index (Phi) is 4.57. The molecule has 0 bridgehead atoms. The van der Waals surface area contributed by atoms with Crippen LogP contribution >= 0.6 is 11.6 Å². The van der Waals surface area contributed by atoms with Gasteiger partial charge in [0, 0.05) is 5.56 Å². The van der Waals surface area contributed by atoms with Gasteiger partial charge in [0.05, 0.1) is 11.1 Å². The van der Waals surface area contributed by atoms with E-state index >= 15 is 0 Å². The number of aliphatic hydroxyl groups is 1. The van der Waals surface area contributed by atoms with Crippen LogP contribution < -0.4 is 4.74 Å². The molecular weight excluding hydrogens is 286 g/mol. The van der Waals surface area contributed by atoms with Crippen LogP contribution in [0.25, 0.3) is 0 Å². The monoisotopic (exact) mass is 298 g/mol. The van der Waals surface area contributed by atoms with E-state index in [-0.39, 0.29) is 17.4 Å². The SMILES string of the molecule is C[C@@H](O)c1ccc(OCc2cccc(F)c2Cl)c(F)c1. The van der Waals surface area contributed by atoms with E-state index in [1.165, 1.54) is 24.3 Å². The van der Waals surface area contributed by atoms with Crippen LogP contribution in [0, 0.1) is 11.6 Å². The second kappa shape index (κ2) is 6.20. The molecule has 0 radical (unpaired) electrons. The second-order valence-electron chi connectivity index (χ2n) is 4.37. The van der Waals surface area contributed by atoms with E-state index < -0.39 is 17.7 Å². The molecule has 0 aliphatic carbocycles. The van der Waals surface area contributed by atoms with Crippen molar-refractivity contribution >= 4 is 11.6 Å². The molecule has 0 aliphatic heterocycles. The molecule has 1 N–H and O–H groups in total. The van der Waals surface area contributed by atoms with Crippen molar-refractivity contribution in [2.45, 2.75) is 19.6 Å². The Morgan fingerprint density at radius 1 is 1.20 bits per heavy atom. The number of hydrogen-bond acceptors (Lipinski definition) is 2. The molecule has 2 nitrogen and oxygen atoms in total. The van der Waals surface area contributed by atoms with Gasteiger partial charge in [0.15, 0.2) is 11.6 Å². The van der Waals surface area contributed by atoms with Crippen LogP contribution in [-0.2, 0) is 6.61 Å². The maximum atomic E-state index is 13.7. The molecule has 0 saturated heterocycles. The first-order valence-electron chi connectivity index (χ1n) is 6.02. The molecule has 0 amide bonds. The first-order chi connectivity index (χ1) is 9.49. The number of benzene rings is 2. The largest absolute Gasteiger partial charge is 0.486 e. The molecule has 20 heavy (non-hydrogen) atoms. The summed E-state index contributed by atoms with van der Waals surface area (Å²) in [4.78, 5) is 0. The van der Waals surface area contributed by atoms with Gasteiger partial charge in [0.1, 0.15) is 12.4 Å². The van der Waals surface area contributed by atoms with Gasteiger partial charge in [0.25, 0.3) is 0 Å². The highest BCUT2D eigenvalue weighted by molar-refractivity contribution is 6.31. The van der Waals surface area contributed by atoms with Gasteiger partial charge in [-0.1, -0.05) is 29.8 Å².